The zero-order chi connectivity index (χ0) is 19.8. The van der Waals surface area contributed by atoms with Crippen molar-refractivity contribution < 1.29 is 18.9 Å². The average molecular weight is 386 g/mol. The summed E-state index contributed by atoms with van der Waals surface area (Å²) < 4.78 is 24.5. The van der Waals surface area contributed by atoms with Gasteiger partial charge in [0.05, 0.1) is 39.7 Å². The lowest BCUT2D eigenvalue weighted by molar-refractivity contribution is -0.0869. The Bertz CT molecular complexity index is 947. The Morgan fingerprint density at radius 3 is 2.57 bits per heavy atom. The number of aromatic nitrogens is 1. The number of methoxy groups -OCH3 is 2. The molecule has 7 nitrogen and oxygen atoms in total. The minimum absolute atomic E-state index is 0.00691. The molecule has 1 fully saturated rings. The van der Waals surface area contributed by atoms with Crippen LogP contribution >= 0.6 is 0 Å². The van der Waals surface area contributed by atoms with E-state index in [1.165, 1.54) is 0 Å². The molecule has 0 radical (unpaired) electrons. The number of anilines is 1. The van der Waals surface area contributed by atoms with Crippen LogP contribution < -0.4 is 19.8 Å². The Morgan fingerprint density at radius 2 is 1.89 bits per heavy atom. The van der Waals surface area contributed by atoms with E-state index in [1.54, 1.807) is 20.3 Å². The van der Waals surface area contributed by atoms with Crippen LogP contribution in [0.1, 0.15) is 11.1 Å². The zero-order valence-corrected chi connectivity index (χ0v) is 16.8. The fourth-order valence-corrected chi connectivity index (χ4v) is 4.03. The number of likely N-dealkylation sites (N-methyl/N-ethyl adjacent to an activating group) is 1. The van der Waals surface area contributed by atoms with Gasteiger partial charge in [-0.2, -0.15) is 0 Å². The lowest BCUT2D eigenvalue weighted by Crippen LogP contribution is -2.44. The van der Waals surface area contributed by atoms with Crippen molar-refractivity contribution in [1.82, 2.24) is 4.57 Å². The molecule has 1 aromatic heterocycles. The van der Waals surface area contributed by atoms with E-state index in [1.807, 2.05) is 31.0 Å². The topological polar surface area (TPSA) is 62.2 Å². The average Bonchev–Trinajstić information content (AvgIpc) is 2.74. The molecular weight excluding hydrogens is 360 g/mol. The van der Waals surface area contributed by atoms with E-state index in [9.17, 15) is 4.79 Å². The van der Waals surface area contributed by atoms with Crippen molar-refractivity contribution >= 4 is 5.82 Å². The Hall–Kier alpha value is -2.51. The maximum Gasteiger partial charge on any atom is 0.187 e. The van der Waals surface area contributed by atoms with E-state index in [0.717, 1.165) is 41.2 Å². The van der Waals surface area contributed by atoms with Crippen LogP contribution in [0.4, 0.5) is 5.82 Å². The van der Waals surface area contributed by atoms with Crippen molar-refractivity contribution in [3.63, 3.8) is 0 Å². The third kappa shape index (κ3) is 3.04. The Balaban J connectivity index is 1.88. The van der Waals surface area contributed by atoms with Crippen molar-refractivity contribution in [1.29, 1.82) is 0 Å². The molecule has 150 valence electrons. The van der Waals surface area contributed by atoms with Crippen LogP contribution in [-0.4, -0.2) is 51.9 Å². The van der Waals surface area contributed by atoms with Crippen LogP contribution in [0.15, 0.2) is 23.0 Å². The van der Waals surface area contributed by atoms with E-state index in [2.05, 4.69) is 4.57 Å². The standard InChI is InChI=1S/C21H26N2O5/c1-13-16(24)11-19(22(2)20-12-27-7-8-28-20)23-6-5-14-9-17(25-3)18(26-4)10-15(14)21(13)23/h9-11,20H,5-8,12H2,1-4H3. The molecule has 2 aliphatic heterocycles. The van der Waals surface area contributed by atoms with Gasteiger partial charge in [-0.1, -0.05) is 0 Å². The molecule has 2 aliphatic rings. The van der Waals surface area contributed by atoms with Gasteiger partial charge in [0.1, 0.15) is 5.82 Å². The lowest BCUT2D eigenvalue weighted by Gasteiger charge is -2.36. The SMILES string of the molecule is COc1cc2c(cc1OC)-c1c(C)c(=O)cc(N(C)C3COCCO3)n1CC2. The van der Waals surface area contributed by atoms with Crippen LogP contribution in [0.5, 0.6) is 11.5 Å². The summed E-state index contributed by atoms with van der Waals surface area (Å²) in [5.41, 5.74) is 3.82. The highest BCUT2D eigenvalue weighted by molar-refractivity contribution is 5.74. The number of nitrogens with zero attached hydrogens (tertiary/aromatic N) is 2. The van der Waals surface area contributed by atoms with Crippen LogP contribution in [0.3, 0.4) is 0 Å². The highest BCUT2D eigenvalue weighted by atomic mass is 16.6. The molecule has 0 bridgehead atoms. The van der Waals surface area contributed by atoms with E-state index < -0.39 is 0 Å². The van der Waals surface area contributed by atoms with Gasteiger partial charge in [0.15, 0.2) is 23.2 Å². The first-order valence-corrected chi connectivity index (χ1v) is 9.47. The third-order valence-corrected chi connectivity index (χ3v) is 5.59. The first-order chi connectivity index (χ1) is 13.5. The molecule has 3 heterocycles. The molecule has 2 aromatic rings. The minimum Gasteiger partial charge on any atom is -0.493 e. The van der Waals surface area contributed by atoms with E-state index in [-0.39, 0.29) is 11.7 Å². The molecule has 0 aliphatic carbocycles. The quantitative estimate of drug-likeness (QED) is 0.803. The summed E-state index contributed by atoms with van der Waals surface area (Å²) in [7, 11) is 5.20. The summed E-state index contributed by atoms with van der Waals surface area (Å²) >= 11 is 0. The first-order valence-electron chi connectivity index (χ1n) is 9.47. The number of benzene rings is 1. The normalized spacial score (nSPS) is 18.2. The van der Waals surface area contributed by atoms with Crippen molar-refractivity contribution in [2.45, 2.75) is 26.1 Å². The largest absolute Gasteiger partial charge is 0.493 e. The molecule has 1 aromatic carbocycles. The molecule has 0 spiro atoms. The molecule has 0 N–H and O–H groups in total. The van der Waals surface area contributed by atoms with Gasteiger partial charge in [0.25, 0.3) is 0 Å². The fourth-order valence-electron chi connectivity index (χ4n) is 4.03. The highest BCUT2D eigenvalue weighted by Gasteiger charge is 2.28. The molecule has 1 unspecified atom stereocenters. The molecule has 1 atom stereocenters. The van der Waals surface area contributed by atoms with Gasteiger partial charge in [-0.3, -0.25) is 4.79 Å². The minimum atomic E-state index is -0.209. The van der Waals surface area contributed by atoms with Crippen molar-refractivity contribution in [2.24, 2.45) is 0 Å². The number of ether oxygens (including phenoxy) is 4. The fraction of sp³-hybridized carbons (Fsp3) is 0.476. The van der Waals surface area contributed by atoms with E-state index >= 15 is 0 Å². The van der Waals surface area contributed by atoms with Gasteiger partial charge in [-0.25, -0.2) is 0 Å². The summed E-state index contributed by atoms with van der Waals surface area (Å²) in [4.78, 5) is 14.8. The second-order valence-corrected chi connectivity index (χ2v) is 7.12. The Labute approximate surface area is 164 Å². The Morgan fingerprint density at radius 1 is 1.14 bits per heavy atom. The van der Waals surface area contributed by atoms with Crippen molar-refractivity contribution in [3.05, 3.63) is 39.5 Å². The number of fused-ring (bicyclic) bond motifs is 3. The second kappa shape index (κ2) is 7.48. The summed E-state index contributed by atoms with van der Waals surface area (Å²) in [5, 5.41) is 0. The third-order valence-electron chi connectivity index (χ3n) is 5.59. The smallest absolute Gasteiger partial charge is 0.187 e. The van der Waals surface area contributed by atoms with E-state index in [4.69, 9.17) is 18.9 Å². The predicted octanol–water partition coefficient (Wildman–Crippen LogP) is 2.21. The van der Waals surface area contributed by atoms with Gasteiger partial charge >= 0.3 is 0 Å². The van der Waals surface area contributed by atoms with Gasteiger partial charge < -0.3 is 28.4 Å². The number of hydrogen-bond donors (Lipinski definition) is 0. The summed E-state index contributed by atoms with van der Waals surface area (Å²) in [6.07, 6.45) is 0.632. The Kier molecular flexibility index (Phi) is 5.03. The predicted molar refractivity (Wildman–Crippen MR) is 107 cm³/mol. The first kappa shape index (κ1) is 18.8. The summed E-state index contributed by atoms with van der Waals surface area (Å²) in [6.45, 7) is 4.29. The molecule has 7 heteroatoms. The molecule has 0 saturated carbocycles. The van der Waals surface area contributed by atoms with Crippen LogP contribution in [0, 0.1) is 6.92 Å². The second-order valence-electron chi connectivity index (χ2n) is 7.12. The van der Waals surface area contributed by atoms with Crippen molar-refractivity contribution in [3.8, 4) is 22.8 Å². The highest BCUT2D eigenvalue weighted by Crippen LogP contribution is 2.40. The van der Waals surface area contributed by atoms with Crippen LogP contribution in [-0.2, 0) is 22.4 Å². The number of pyridine rings is 1. The molecule has 0 amide bonds. The molecule has 1 saturated heterocycles. The molecular formula is C21H26N2O5. The van der Waals surface area contributed by atoms with Gasteiger partial charge in [0.2, 0.25) is 0 Å². The van der Waals surface area contributed by atoms with Gasteiger partial charge in [-0.05, 0) is 31.0 Å². The van der Waals surface area contributed by atoms with E-state index in [0.29, 0.717) is 31.3 Å². The van der Waals surface area contributed by atoms with Crippen LogP contribution in [0.25, 0.3) is 11.3 Å². The summed E-state index contributed by atoms with van der Waals surface area (Å²) in [6, 6.07) is 5.67. The molecule has 28 heavy (non-hydrogen) atoms. The number of rotatable bonds is 4. The zero-order valence-electron chi connectivity index (χ0n) is 16.8. The van der Waals surface area contributed by atoms with Crippen LogP contribution in [0.2, 0.25) is 0 Å². The van der Waals surface area contributed by atoms with Gasteiger partial charge in [0, 0.05) is 30.8 Å². The lowest BCUT2D eigenvalue weighted by atomic mass is 9.93. The van der Waals surface area contributed by atoms with Gasteiger partial charge in [-0.15, -0.1) is 0 Å². The number of hydrogen-bond acceptors (Lipinski definition) is 6. The maximum atomic E-state index is 12.8. The molecule has 4 rings (SSSR count). The summed E-state index contributed by atoms with van der Waals surface area (Å²) in [5.74, 6) is 2.20. The maximum absolute atomic E-state index is 12.8. The monoisotopic (exact) mass is 386 g/mol. The number of aryl methyl sites for hydroxylation is 1. The van der Waals surface area contributed by atoms with Crippen molar-refractivity contribution in [2.75, 3.05) is 46.0 Å².